The lowest BCUT2D eigenvalue weighted by Gasteiger charge is -2.31. The van der Waals surface area contributed by atoms with Gasteiger partial charge in [-0.25, -0.2) is 0 Å². The molecule has 0 aromatic heterocycles. The van der Waals surface area contributed by atoms with Crippen LogP contribution in [0.1, 0.15) is 46.0 Å². The Bertz CT molecular complexity index is 311. The smallest absolute Gasteiger partial charge is 0.249 e. The van der Waals surface area contributed by atoms with Crippen LogP contribution in [0.25, 0.3) is 0 Å². The molecule has 1 amide bonds. The topological polar surface area (TPSA) is 59.6 Å². The summed E-state index contributed by atoms with van der Waals surface area (Å²) >= 11 is 0. The summed E-state index contributed by atoms with van der Waals surface area (Å²) in [4.78, 5) is 12.1. The van der Waals surface area contributed by atoms with Gasteiger partial charge in [0.2, 0.25) is 5.91 Å². The fraction of sp³-hybridized carbons (Fsp3) is 0.933. The molecule has 21 heavy (non-hydrogen) atoms. The molecule has 2 rings (SSSR count). The van der Waals surface area contributed by atoms with E-state index in [0.717, 1.165) is 38.8 Å². The van der Waals surface area contributed by atoms with Gasteiger partial charge in [0.15, 0.2) is 0 Å². The van der Waals surface area contributed by atoms with Crippen LogP contribution in [-0.4, -0.2) is 50.0 Å². The standard InChI is InChI=1S/C15H28N2O3.ClH/c1-11-14(7-5-8-16-11)17-15(18)12(2)20-10-13-6-3-4-9-19-13;/h11-14,16H,3-10H2,1-2H3,(H,17,18);1H. The normalized spacial score (nSPS) is 31.0. The number of rotatable bonds is 5. The number of nitrogens with one attached hydrogen (secondary N) is 2. The van der Waals surface area contributed by atoms with Gasteiger partial charge in [0, 0.05) is 18.7 Å². The van der Waals surface area contributed by atoms with E-state index in [-0.39, 0.29) is 30.5 Å². The Morgan fingerprint density at radius 1 is 1.38 bits per heavy atom. The molecule has 2 N–H and O–H groups in total. The minimum Gasteiger partial charge on any atom is -0.376 e. The van der Waals surface area contributed by atoms with Crippen molar-refractivity contribution in [2.75, 3.05) is 19.8 Å². The zero-order valence-electron chi connectivity index (χ0n) is 13.1. The predicted molar refractivity (Wildman–Crippen MR) is 84.9 cm³/mol. The van der Waals surface area contributed by atoms with Crippen LogP contribution in [-0.2, 0) is 14.3 Å². The minimum atomic E-state index is -0.408. The van der Waals surface area contributed by atoms with Crippen molar-refractivity contribution in [2.24, 2.45) is 0 Å². The molecule has 0 aliphatic carbocycles. The molecule has 2 fully saturated rings. The largest absolute Gasteiger partial charge is 0.376 e. The van der Waals surface area contributed by atoms with E-state index < -0.39 is 6.10 Å². The third-order valence-corrected chi connectivity index (χ3v) is 4.26. The summed E-state index contributed by atoms with van der Waals surface area (Å²) in [5, 5.41) is 6.47. The van der Waals surface area contributed by atoms with Crippen molar-refractivity contribution >= 4 is 18.3 Å². The van der Waals surface area contributed by atoms with E-state index in [1.165, 1.54) is 6.42 Å². The number of carbonyl (C=O) groups excluding carboxylic acids is 1. The van der Waals surface area contributed by atoms with Gasteiger partial charge in [-0.1, -0.05) is 0 Å². The van der Waals surface area contributed by atoms with Crippen molar-refractivity contribution in [2.45, 2.75) is 70.2 Å². The number of piperidine rings is 1. The first-order chi connectivity index (χ1) is 9.66. The molecule has 6 heteroatoms. The molecule has 2 aliphatic heterocycles. The van der Waals surface area contributed by atoms with Gasteiger partial charge in [0.25, 0.3) is 0 Å². The monoisotopic (exact) mass is 320 g/mol. The van der Waals surface area contributed by atoms with Crippen molar-refractivity contribution in [1.82, 2.24) is 10.6 Å². The Balaban J connectivity index is 0.00000220. The summed E-state index contributed by atoms with van der Waals surface area (Å²) in [7, 11) is 0. The predicted octanol–water partition coefficient (Wildman–Crippen LogP) is 1.64. The van der Waals surface area contributed by atoms with Gasteiger partial charge in [0.1, 0.15) is 6.10 Å². The molecule has 0 radical (unpaired) electrons. The van der Waals surface area contributed by atoms with Crippen LogP contribution in [0.4, 0.5) is 0 Å². The van der Waals surface area contributed by atoms with E-state index in [2.05, 4.69) is 17.6 Å². The maximum atomic E-state index is 12.1. The van der Waals surface area contributed by atoms with E-state index in [4.69, 9.17) is 9.47 Å². The Morgan fingerprint density at radius 2 is 2.19 bits per heavy atom. The van der Waals surface area contributed by atoms with Crippen molar-refractivity contribution in [3.8, 4) is 0 Å². The summed E-state index contributed by atoms with van der Waals surface area (Å²) in [5.74, 6) is -0.0126. The van der Waals surface area contributed by atoms with Gasteiger partial charge in [-0.3, -0.25) is 4.79 Å². The van der Waals surface area contributed by atoms with Crippen molar-refractivity contribution < 1.29 is 14.3 Å². The van der Waals surface area contributed by atoms with Crippen LogP contribution in [0.5, 0.6) is 0 Å². The van der Waals surface area contributed by atoms with E-state index in [9.17, 15) is 4.79 Å². The second-order valence-corrected chi connectivity index (χ2v) is 5.96. The fourth-order valence-electron chi connectivity index (χ4n) is 2.81. The fourth-order valence-corrected chi connectivity index (χ4v) is 2.81. The van der Waals surface area contributed by atoms with Gasteiger partial charge in [-0.05, 0) is 52.5 Å². The van der Waals surface area contributed by atoms with Crippen LogP contribution < -0.4 is 10.6 Å². The molecule has 0 saturated carbocycles. The first-order valence-electron chi connectivity index (χ1n) is 7.94. The highest BCUT2D eigenvalue weighted by Gasteiger charge is 2.25. The van der Waals surface area contributed by atoms with Crippen LogP contribution in [0.3, 0.4) is 0 Å². The quantitative estimate of drug-likeness (QED) is 0.808. The van der Waals surface area contributed by atoms with Gasteiger partial charge in [-0.15, -0.1) is 12.4 Å². The van der Waals surface area contributed by atoms with E-state index >= 15 is 0 Å². The maximum Gasteiger partial charge on any atom is 0.249 e. The van der Waals surface area contributed by atoms with E-state index in [0.29, 0.717) is 12.6 Å². The summed E-state index contributed by atoms with van der Waals surface area (Å²) in [6, 6.07) is 0.551. The number of carbonyl (C=O) groups is 1. The molecule has 0 aromatic rings. The molecule has 2 heterocycles. The second kappa shape index (κ2) is 9.62. The highest BCUT2D eigenvalue weighted by Crippen LogP contribution is 2.14. The average molecular weight is 321 g/mol. The Labute approximate surface area is 133 Å². The maximum absolute atomic E-state index is 12.1. The molecular formula is C15H29ClN2O3. The highest BCUT2D eigenvalue weighted by molar-refractivity contribution is 5.85. The summed E-state index contributed by atoms with van der Waals surface area (Å²) < 4.78 is 11.3. The molecule has 4 atom stereocenters. The van der Waals surface area contributed by atoms with Crippen LogP contribution in [0.15, 0.2) is 0 Å². The SMILES string of the molecule is CC(OCC1CCCCO1)C(=O)NC1CCCNC1C.Cl. The van der Waals surface area contributed by atoms with E-state index in [1.54, 1.807) is 0 Å². The third-order valence-electron chi connectivity index (χ3n) is 4.26. The van der Waals surface area contributed by atoms with Crippen LogP contribution in [0, 0.1) is 0 Å². The third kappa shape index (κ3) is 6.10. The molecule has 124 valence electrons. The van der Waals surface area contributed by atoms with Gasteiger partial charge in [0.05, 0.1) is 12.7 Å². The van der Waals surface area contributed by atoms with Crippen molar-refractivity contribution in [3.63, 3.8) is 0 Å². The average Bonchev–Trinajstić information content (AvgIpc) is 2.48. The summed E-state index contributed by atoms with van der Waals surface area (Å²) in [6.45, 7) is 6.32. The molecule has 5 nitrogen and oxygen atoms in total. The molecule has 4 unspecified atom stereocenters. The Morgan fingerprint density at radius 3 is 2.86 bits per heavy atom. The van der Waals surface area contributed by atoms with Gasteiger partial charge >= 0.3 is 0 Å². The Hall–Kier alpha value is -0.360. The number of halogens is 1. The van der Waals surface area contributed by atoms with Crippen molar-refractivity contribution in [3.05, 3.63) is 0 Å². The number of amides is 1. The highest BCUT2D eigenvalue weighted by atomic mass is 35.5. The first-order valence-corrected chi connectivity index (χ1v) is 7.94. The molecule has 2 saturated heterocycles. The summed E-state index contributed by atoms with van der Waals surface area (Å²) in [5.41, 5.74) is 0. The lowest BCUT2D eigenvalue weighted by Crippen LogP contribution is -2.54. The number of hydrogen-bond acceptors (Lipinski definition) is 4. The summed E-state index contributed by atoms with van der Waals surface area (Å²) in [6.07, 6.45) is 5.28. The number of hydrogen-bond donors (Lipinski definition) is 2. The lowest BCUT2D eigenvalue weighted by atomic mass is 10.00. The van der Waals surface area contributed by atoms with Gasteiger partial charge < -0.3 is 20.1 Å². The molecule has 0 bridgehead atoms. The lowest BCUT2D eigenvalue weighted by molar-refractivity contribution is -0.136. The molecule has 0 aromatic carbocycles. The minimum absolute atomic E-state index is 0. The molecular weight excluding hydrogens is 292 g/mol. The van der Waals surface area contributed by atoms with Crippen LogP contribution >= 0.6 is 12.4 Å². The molecule has 2 aliphatic rings. The second-order valence-electron chi connectivity index (χ2n) is 5.96. The van der Waals surface area contributed by atoms with Crippen LogP contribution in [0.2, 0.25) is 0 Å². The zero-order chi connectivity index (χ0) is 14.4. The molecule has 0 spiro atoms. The number of ether oxygens (including phenoxy) is 2. The van der Waals surface area contributed by atoms with Gasteiger partial charge in [-0.2, -0.15) is 0 Å². The first kappa shape index (κ1) is 18.7. The van der Waals surface area contributed by atoms with Crippen molar-refractivity contribution in [1.29, 1.82) is 0 Å². The Kier molecular flexibility index (Phi) is 8.56. The van der Waals surface area contributed by atoms with E-state index in [1.807, 2.05) is 6.92 Å². The zero-order valence-corrected chi connectivity index (χ0v) is 13.9.